The molecule has 0 atom stereocenters. The van der Waals surface area contributed by atoms with Crippen LogP contribution in [0.2, 0.25) is 0 Å². The van der Waals surface area contributed by atoms with Crippen molar-refractivity contribution >= 4 is 11.9 Å². The zero-order valence-corrected chi connectivity index (χ0v) is 18.7. The van der Waals surface area contributed by atoms with Crippen LogP contribution in [0.3, 0.4) is 0 Å². The molecule has 0 aliphatic heterocycles. The Morgan fingerprint density at radius 3 is 2.21 bits per heavy atom. The molecule has 0 spiro atoms. The van der Waals surface area contributed by atoms with Gasteiger partial charge in [0.05, 0.1) is 7.11 Å². The molecule has 0 fully saturated rings. The van der Waals surface area contributed by atoms with Crippen LogP contribution in [0, 0.1) is 0 Å². The fourth-order valence-electron chi connectivity index (χ4n) is 2.91. The van der Waals surface area contributed by atoms with Gasteiger partial charge in [-0.3, -0.25) is 4.98 Å². The highest BCUT2D eigenvalue weighted by Crippen LogP contribution is 2.29. The van der Waals surface area contributed by atoms with E-state index in [4.69, 9.17) is 29.3 Å². The molecule has 0 saturated carbocycles. The number of carboxylic acids is 2. The third kappa shape index (κ3) is 9.40. The molecular weight excluding hydrogens is 424 g/mol. The first-order valence-corrected chi connectivity index (χ1v) is 10.3. The van der Waals surface area contributed by atoms with Crippen LogP contribution in [0.1, 0.15) is 16.8 Å². The monoisotopic (exact) mass is 452 g/mol. The summed E-state index contributed by atoms with van der Waals surface area (Å²) in [5.74, 6) is -2.12. The normalized spacial score (nSPS) is 10.2. The fourth-order valence-corrected chi connectivity index (χ4v) is 2.91. The topological polar surface area (TPSA) is 109 Å². The van der Waals surface area contributed by atoms with Gasteiger partial charge in [0.1, 0.15) is 6.61 Å². The number of nitrogens with zero attached hydrogens (tertiary/aromatic N) is 2. The van der Waals surface area contributed by atoms with Crippen LogP contribution < -0.4 is 9.47 Å². The largest absolute Gasteiger partial charge is 0.493 e. The van der Waals surface area contributed by atoms with Crippen LogP contribution in [0.4, 0.5) is 0 Å². The Balaban J connectivity index is 0.000000569. The molecule has 174 valence electrons. The van der Waals surface area contributed by atoms with Crippen molar-refractivity contribution < 1.29 is 29.3 Å². The minimum absolute atomic E-state index is 0.524. The molecule has 0 radical (unpaired) electrons. The number of rotatable bonds is 9. The van der Waals surface area contributed by atoms with Crippen molar-refractivity contribution in [3.05, 3.63) is 89.7 Å². The number of aliphatic carboxylic acids is 2. The summed E-state index contributed by atoms with van der Waals surface area (Å²) < 4.78 is 11.5. The maximum absolute atomic E-state index is 9.10. The first-order valence-electron chi connectivity index (χ1n) is 10.3. The smallest absolute Gasteiger partial charge is 0.414 e. The second-order valence-corrected chi connectivity index (χ2v) is 7.18. The molecular formula is C25H28N2O6. The zero-order valence-electron chi connectivity index (χ0n) is 18.7. The highest BCUT2D eigenvalue weighted by atomic mass is 16.5. The number of methoxy groups -OCH3 is 1. The van der Waals surface area contributed by atoms with Crippen molar-refractivity contribution in [3.8, 4) is 11.5 Å². The summed E-state index contributed by atoms with van der Waals surface area (Å²) >= 11 is 0. The predicted molar refractivity (Wildman–Crippen MR) is 123 cm³/mol. The lowest BCUT2D eigenvalue weighted by atomic mass is 10.1. The highest BCUT2D eigenvalue weighted by Gasteiger charge is 2.09. The van der Waals surface area contributed by atoms with Gasteiger partial charge in [-0.25, -0.2) is 9.59 Å². The molecule has 3 rings (SSSR count). The Kier molecular flexibility index (Phi) is 10.4. The minimum atomic E-state index is -1.82. The zero-order chi connectivity index (χ0) is 24.1. The number of carbonyl (C=O) groups is 2. The third-order valence-corrected chi connectivity index (χ3v) is 4.58. The van der Waals surface area contributed by atoms with Gasteiger partial charge in [0, 0.05) is 31.4 Å². The van der Waals surface area contributed by atoms with Crippen molar-refractivity contribution in [1.82, 2.24) is 9.88 Å². The molecule has 8 heteroatoms. The number of likely N-dealkylation sites (N-methyl/N-ethyl adjacent to an activating group) is 1. The third-order valence-electron chi connectivity index (χ3n) is 4.58. The Morgan fingerprint density at radius 2 is 1.61 bits per heavy atom. The first kappa shape index (κ1) is 25.4. The number of benzene rings is 2. The number of aromatic nitrogens is 1. The van der Waals surface area contributed by atoms with E-state index in [1.165, 1.54) is 5.56 Å². The summed E-state index contributed by atoms with van der Waals surface area (Å²) in [7, 11) is 3.79. The van der Waals surface area contributed by atoms with E-state index >= 15 is 0 Å². The summed E-state index contributed by atoms with van der Waals surface area (Å²) in [5, 5.41) is 14.8. The molecule has 33 heavy (non-hydrogen) atoms. The Hall–Kier alpha value is -3.91. The minimum Gasteiger partial charge on any atom is -0.493 e. The van der Waals surface area contributed by atoms with Crippen LogP contribution in [0.5, 0.6) is 11.5 Å². The number of hydrogen-bond acceptors (Lipinski definition) is 6. The van der Waals surface area contributed by atoms with Gasteiger partial charge in [-0.1, -0.05) is 42.5 Å². The Bertz CT molecular complexity index is 1000. The van der Waals surface area contributed by atoms with Gasteiger partial charge in [-0.2, -0.15) is 0 Å². The number of carboxylic acid groups (broad SMARTS) is 2. The summed E-state index contributed by atoms with van der Waals surface area (Å²) in [6, 6.07) is 22.3. The molecule has 0 bridgehead atoms. The van der Waals surface area contributed by atoms with E-state index in [1.54, 1.807) is 7.11 Å². The van der Waals surface area contributed by atoms with Gasteiger partial charge in [-0.15, -0.1) is 0 Å². The van der Waals surface area contributed by atoms with Gasteiger partial charge in [0.15, 0.2) is 11.5 Å². The summed E-state index contributed by atoms with van der Waals surface area (Å²) in [5.41, 5.74) is 3.45. The maximum atomic E-state index is 9.10. The quantitative estimate of drug-likeness (QED) is 0.475. The molecule has 1 heterocycles. The Morgan fingerprint density at radius 1 is 0.909 bits per heavy atom. The molecule has 0 unspecified atom stereocenters. The van der Waals surface area contributed by atoms with Gasteiger partial charge >= 0.3 is 11.9 Å². The number of pyridine rings is 1. The van der Waals surface area contributed by atoms with Crippen molar-refractivity contribution in [2.75, 3.05) is 20.7 Å². The standard InChI is InChI=1S/C23H26N2O2.C2H2O4/c1-25(15-13-21-10-6-7-14-24-21)17-20-11-12-22(26-2)23(16-20)27-18-19-8-4-3-5-9-19;3-1(4)2(5)6/h3-12,14,16H,13,15,17-18H2,1-2H3;(H,3,4)(H,5,6). The van der Waals surface area contributed by atoms with E-state index in [9.17, 15) is 0 Å². The van der Waals surface area contributed by atoms with Crippen LogP contribution in [-0.2, 0) is 29.2 Å². The van der Waals surface area contributed by atoms with Crippen molar-refractivity contribution in [2.45, 2.75) is 19.6 Å². The lowest BCUT2D eigenvalue weighted by molar-refractivity contribution is -0.159. The van der Waals surface area contributed by atoms with Crippen LogP contribution in [0.15, 0.2) is 72.9 Å². The fraction of sp³-hybridized carbons (Fsp3) is 0.240. The number of ether oxygens (including phenoxy) is 2. The molecule has 8 nitrogen and oxygen atoms in total. The summed E-state index contributed by atoms with van der Waals surface area (Å²) in [6.45, 7) is 2.32. The van der Waals surface area contributed by atoms with E-state index in [0.29, 0.717) is 6.61 Å². The Labute approximate surface area is 193 Å². The average Bonchev–Trinajstić information content (AvgIpc) is 2.83. The van der Waals surface area contributed by atoms with E-state index in [1.807, 2.05) is 42.6 Å². The van der Waals surface area contributed by atoms with Crippen LogP contribution in [-0.4, -0.2) is 52.7 Å². The van der Waals surface area contributed by atoms with Crippen molar-refractivity contribution in [1.29, 1.82) is 0 Å². The van der Waals surface area contributed by atoms with E-state index in [-0.39, 0.29) is 0 Å². The van der Waals surface area contributed by atoms with E-state index in [2.05, 4.69) is 47.3 Å². The molecule has 2 aromatic carbocycles. The van der Waals surface area contributed by atoms with Crippen LogP contribution in [0.25, 0.3) is 0 Å². The molecule has 0 aliphatic carbocycles. The molecule has 0 saturated heterocycles. The predicted octanol–water partition coefficient (Wildman–Crippen LogP) is 3.50. The molecule has 0 aliphatic rings. The van der Waals surface area contributed by atoms with Crippen LogP contribution >= 0.6 is 0 Å². The lowest BCUT2D eigenvalue weighted by Gasteiger charge is -2.18. The first-order chi connectivity index (χ1) is 15.9. The number of hydrogen-bond donors (Lipinski definition) is 2. The second kappa shape index (κ2) is 13.5. The molecule has 3 aromatic rings. The molecule has 2 N–H and O–H groups in total. The SMILES string of the molecule is COc1ccc(CN(C)CCc2ccccn2)cc1OCc1ccccc1.O=C(O)C(=O)O. The lowest BCUT2D eigenvalue weighted by Crippen LogP contribution is -2.21. The maximum Gasteiger partial charge on any atom is 0.414 e. The second-order valence-electron chi connectivity index (χ2n) is 7.18. The van der Waals surface area contributed by atoms with Crippen molar-refractivity contribution in [2.24, 2.45) is 0 Å². The summed E-state index contributed by atoms with van der Waals surface area (Å²) in [4.78, 5) is 24.9. The van der Waals surface area contributed by atoms with E-state index in [0.717, 1.165) is 42.3 Å². The summed E-state index contributed by atoms with van der Waals surface area (Å²) in [6.07, 6.45) is 2.78. The van der Waals surface area contributed by atoms with E-state index < -0.39 is 11.9 Å². The van der Waals surface area contributed by atoms with Gasteiger partial charge in [0.2, 0.25) is 0 Å². The van der Waals surface area contributed by atoms with Gasteiger partial charge < -0.3 is 24.6 Å². The van der Waals surface area contributed by atoms with Gasteiger partial charge in [-0.05, 0) is 42.4 Å². The van der Waals surface area contributed by atoms with Gasteiger partial charge in [0.25, 0.3) is 0 Å². The van der Waals surface area contributed by atoms with Crippen molar-refractivity contribution in [3.63, 3.8) is 0 Å². The average molecular weight is 453 g/mol. The molecule has 0 amide bonds. The molecule has 1 aromatic heterocycles. The highest BCUT2D eigenvalue weighted by molar-refractivity contribution is 6.27.